The van der Waals surface area contributed by atoms with Crippen molar-refractivity contribution >= 4 is 17.8 Å². The summed E-state index contributed by atoms with van der Waals surface area (Å²) in [5, 5.41) is 0. The van der Waals surface area contributed by atoms with Gasteiger partial charge in [-0.05, 0) is 18.4 Å². The summed E-state index contributed by atoms with van der Waals surface area (Å²) in [4.78, 5) is 38.8. The summed E-state index contributed by atoms with van der Waals surface area (Å²) in [5.41, 5.74) is 0.860. The Balaban J connectivity index is 2.30. The van der Waals surface area contributed by atoms with E-state index in [1.54, 1.807) is 13.8 Å². The highest BCUT2D eigenvalue weighted by Crippen LogP contribution is 2.34. The van der Waals surface area contributed by atoms with Gasteiger partial charge in [0, 0.05) is 5.92 Å². The van der Waals surface area contributed by atoms with E-state index >= 15 is 0 Å². The van der Waals surface area contributed by atoms with E-state index in [9.17, 15) is 14.4 Å². The van der Waals surface area contributed by atoms with Crippen LogP contribution in [0.1, 0.15) is 32.8 Å². The normalized spacial score (nSPS) is 24.7. The van der Waals surface area contributed by atoms with Gasteiger partial charge in [-0.2, -0.15) is 0 Å². The molecule has 1 heterocycles. The van der Waals surface area contributed by atoms with Gasteiger partial charge in [0.15, 0.2) is 0 Å². The molecule has 1 fully saturated rings. The molecule has 0 saturated carbocycles. The second-order valence-corrected chi connectivity index (χ2v) is 5.84. The summed E-state index contributed by atoms with van der Waals surface area (Å²) >= 11 is 0. The van der Waals surface area contributed by atoms with E-state index in [1.165, 1.54) is 4.90 Å². The van der Waals surface area contributed by atoms with Crippen LogP contribution in [-0.4, -0.2) is 29.3 Å². The summed E-state index contributed by atoms with van der Waals surface area (Å²) < 4.78 is 5.07. The molecule has 0 aromatic heterocycles. The molecule has 0 N–H and O–H groups in total. The Labute approximate surface area is 136 Å². The Morgan fingerprint density at radius 1 is 1.13 bits per heavy atom. The molecule has 0 radical (unpaired) electrons. The number of carbonyl (C=O) groups excluding carboxylic acids is 3. The zero-order valence-electron chi connectivity index (χ0n) is 13.8. The van der Waals surface area contributed by atoms with Crippen molar-refractivity contribution in [2.24, 2.45) is 17.8 Å². The lowest BCUT2D eigenvalue weighted by molar-refractivity contribution is -0.169. The van der Waals surface area contributed by atoms with E-state index in [0.29, 0.717) is 6.42 Å². The lowest BCUT2D eigenvalue weighted by atomic mass is 9.75. The SMILES string of the molecule is CCOC(=O)C1C(=O)N(Cc2ccccc2)C(=O)C(C)C1CC. The molecule has 1 aromatic rings. The molecule has 23 heavy (non-hydrogen) atoms. The lowest BCUT2D eigenvalue weighted by Gasteiger charge is -2.38. The number of benzene rings is 1. The van der Waals surface area contributed by atoms with Crippen molar-refractivity contribution in [1.29, 1.82) is 0 Å². The van der Waals surface area contributed by atoms with Crippen LogP contribution in [0.2, 0.25) is 0 Å². The Hall–Kier alpha value is -2.17. The third-order valence-electron chi connectivity index (χ3n) is 4.45. The minimum atomic E-state index is -0.892. The van der Waals surface area contributed by atoms with Crippen LogP contribution in [0.15, 0.2) is 30.3 Å². The van der Waals surface area contributed by atoms with Crippen molar-refractivity contribution in [3.63, 3.8) is 0 Å². The number of ether oxygens (including phenoxy) is 1. The summed E-state index contributed by atoms with van der Waals surface area (Å²) in [6.07, 6.45) is 0.585. The quantitative estimate of drug-likeness (QED) is 0.475. The van der Waals surface area contributed by atoms with E-state index in [4.69, 9.17) is 4.74 Å². The summed E-state index contributed by atoms with van der Waals surface area (Å²) in [5.74, 6) is -2.76. The molecule has 124 valence electrons. The van der Waals surface area contributed by atoms with E-state index < -0.39 is 17.8 Å². The highest BCUT2D eigenvalue weighted by atomic mass is 16.5. The number of esters is 1. The van der Waals surface area contributed by atoms with Gasteiger partial charge in [0.25, 0.3) is 0 Å². The third kappa shape index (κ3) is 3.44. The van der Waals surface area contributed by atoms with Gasteiger partial charge in [-0.25, -0.2) is 0 Å². The molecule has 1 aliphatic rings. The Morgan fingerprint density at radius 2 is 1.78 bits per heavy atom. The van der Waals surface area contributed by atoms with Crippen molar-refractivity contribution in [2.45, 2.75) is 33.7 Å². The second-order valence-electron chi connectivity index (χ2n) is 5.84. The van der Waals surface area contributed by atoms with Gasteiger partial charge in [-0.1, -0.05) is 50.6 Å². The monoisotopic (exact) mass is 317 g/mol. The Kier molecular flexibility index (Phi) is 5.53. The number of hydrogen-bond acceptors (Lipinski definition) is 4. The molecule has 2 rings (SSSR count). The van der Waals surface area contributed by atoms with Crippen molar-refractivity contribution in [3.05, 3.63) is 35.9 Å². The predicted octanol–water partition coefficient (Wildman–Crippen LogP) is 2.40. The van der Waals surface area contributed by atoms with Gasteiger partial charge in [0.1, 0.15) is 5.92 Å². The second kappa shape index (κ2) is 7.40. The van der Waals surface area contributed by atoms with Crippen molar-refractivity contribution in [3.8, 4) is 0 Å². The number of imide groups is 1. The number of carbonyl (C=O) groups is 3. The van der Waals surface area contributed by atoms with Crippen LogP contribution in [-0.2, 0) is 25.7 Å². The van der Waals surface area contributed by atoms with Crippen molar-refractivity contribution in [1.82, 2.24) is 4.90 Å². The van der Waals surface area contributed by atoms with Crippen LogP contribution in [0.3, 0.4) is 0 Å². The van der Waals surface area contributed by atoms with Crippen LogP contribution < -0.4 is 0 Å². The maximum atomic E-state index is 12.8. The molecule has 0 bridgehead atoms. The first-order chi connectivity index (χ1) is 11.0. The minimum absolute atomic E-state index is 0.190. The fourth-order valence-corrected chi connectivity index (χ4v) is 3.20. The molecule has 5 nitrogen and oxygen atoms in total. The van der Waals surface area contributed by atoms with Crippen molar-refractivity contribution < 1.29 is 19.1 Å². The maximum Gasteiger partial charge on any atom is 0.318 e. The van der Waals surface area contributed by atoms with E-state index in [1.807, 2.05) is 37.3 Å². The maximum absolute atomic E-state index is 12.8. The topological polar surface area (TPSA) is 63.7 Å². The molecule has 3 atom stereocenters. The number of piperidine rings is 1. The van der Waals surface area contributed by atoms with Gasteiger partial charge in [-0.3, -0.25) is 19.3 Å². The third-order valence-corrected chi connectivity index (χ3v) is 4.45. The molecule has 1 aromatic carbocycles. The van der Waals surface area contributed by atoms with Gasteiger partial charge in [0.05, 0.1) is 13.2 Å². The smallest absolute Gasteiger partial charge is 0.318 e. The first-order valence-electron chi connectivity index (χ1n) is 8.07. The number of likely N-dealkylation sites (tertiary alicyclic amines) is 1. The largest absolute Gasteiger partial charge is 0.465 e. The Bertz CT molecular complexity index is 584. The Morgan fingerprint density at radius 3 is 2.35 bits per heavy atom. The zero-order chi connectivity index (χ0) is 17.0. The molecule has 3 unspecified atom stereocenters. The average Bonchev–Trinajstić information content (AvgIpc) is 2.55. The first kappa shape index (κ1) is 17.2. The number of nitrogens with zero attached hydrogens (tertiary/aromatic N) is 1. The molecule has 5 heteroatoms. The van der Waals surface area contributed by atoms with Crippen LogP contribution in [0.25, 0.3) is 0 Å². The molecule has 0 spiro atoms. The van der Waals surface area contributed by atoms with E-state index in [0.717, 1.165) is 5.56 Å². The van der Waals surface area contributed by atoms with Crippen LogP contribution in [0.4, 0.5) is 0 Å². The highest BCUT2D eigenvalue weighted by Gasteiger charge is 2.49. The highest BCUT2D eigenvalue weighted by molar-refractivity contribution is 6.08. The average molecular weight is 317 g/mol. The molecule has 0 aliphatic carbocycles. The van der Waals surface area contributed by atoms with Gasteiger partial charge in [0.2, 0.25) is 11.8 Å². The summed E-state index contributed by atoms with van der Waals surface area (Å²) in [6, 6.07) is 9.30. The fraction of sp³-hybridized carbons (Fsp3) is 0.500. The van der Waals surface area contributed by atoms with Crippen LogP contribution >= 0.6 is 0 Å². The number of amides is 2. The summed E-state index contributed by atoms with van der Waals surface area (Å²) in [7, 11) is 0. The molecule has 1 saturated heterocycles. The van der Waals surface area contributed by atoms with Crippen LogP contribution in [0.5, 0.6) is 0 Å². The fourth-order valence-electron chi connectivity index (χ4n) is 3.20. The van der Waals surface area contributed by atoms with Crippen molar-refractivity contribution in [2.75, 3.05) is 6.61 Å². The van der Waals surface area contributed by atoms with E-state index in [-0.39, 0.29) is 30.9 Å². The number of rotatable bonds is 5. The lowest BCUT2D eigenvalue weighted by Crippen LogP contribution is -2.55. The molecular formula is C18H23NO4. The van der Waals surface area contributed by atoms with Gasteiger partial charge < -0.3 is 4.74 Å². The number of hydrogen-bond donors (Lipinski definition) is 0. The van der Waals surface area contributed by atoms with E-state index in [2.05, 4.69) is 0 Å². The zero-order valence-corrected chi connectivity index (χ0v) is 13.8. The predicted molar refractivity (Wildman–Crippen MR) is 85.1 cm³/mol. The van der Waals surface area contributed by atoms with Crippen LogP contribution in [0, 0.1) is 17.8 Å². The molecule has 2 amide bonds. The molecule has 1 aliphatic heterocycles. The first-order valence-corrected chi connectivity index (χ1v) is 8.07. The standard InChI is InChI=1S/C18H23NO4/c1-4-14-12(3)16(20)19(11-13-9-7-6-8-10-13)17(21)15(14)18(22)23-5-2/h6-10,12,14-15H,4-5,11H2,1-3H3. The minimum Gasteiger partial charge on any atom is -0.465 e. The molecular weight excluding hydrogens is 294 g/mol. The van der Waals surface area contributed by atoms with Gasteiger partial charge >= 0.3 is 5.97 Å². The summed E-state index contributed by atoms with van der Waals surface area (Å²) in [6.45, 7) is 5.80. The van der Waals surface area contributed by atoms with Gasteiger partial charge in [-0.15, -0.1) is 0 Å².